The maximum atomic E-state index is 4.61. The van der Waals surface area contributed by atoms with Crippen LogP contribution in [0, 0.1) is 5.92 Å². The minimum atomic E-state index is 0.0692. The zero-order valence-corrected chi connectivity index (χ0v) is 11.4. The van der Waals surface area contributed by atoms with E-state index in [1.807, 2.05) is 0 Å². The molecular formula is C12H21N3S. The van der Waals surface area contributed by atoms with Gasteiger partial charge in [-0.25, -0.2) is 4.98 Å². The highest BCUT2D eigenvalue weighted by atomic mass is 32.1. The third-order valence-electron chi connectivity index (χ3n) is 2.98. The van der Waals surface area contributed by atoms with E-state index in [4.69, 9.17) is 0 Å². The number of nitrogens with zero attached hydrogens (tertiary/aromatic N) is 2. The Labute approximate surface area is 102 Å². The zero-order valence-electron chi connectivity index (χ0n) is 10.6. The molecule has 1 aromatic rings. The second kappa shape index (κ2) is 4.32. The molecule has 1 N–H and O–H groups in total. The van der Waals surface area contributed by atoms with Gasteiger partial charge in [0.05, 0.1) is 0 Å². The van der Waals surface area contributed by atoms with Crippen LogP contribution in [-0.2, 0) is 0 Å². The number of rotatable bonds is 2. The summed E-state index contributed by atoms with van der Waals surface area (Å²) in [7, 11) is 0. The van der Waals surface area contributed by atoms with Crippen LogP contribution >= 0.6 is 11.5 Å². The molecule has 0 amide bonds. The Kier molecular flexibility index (Phi) is 3.19. The van der Waals surface area contributed by atoms with Gasteiger partial charge in [-0.2, -0.15) is 4.37 Å². The highest BCUT2D eigenvalue weighted by Gasteiger charge is 2.26. The van der Waals surface area contributed by atoms with Crippen LogP contribution in [0.25, 0.3) is 0 Å². The standard InChI is InChI=1S/C12H21N3S/c1-8-5-6-9(7-8)10-13-11(16-15-10)14-12(2,3)4/h8-9H,5-7H2,1-4H3,(H,13,14,15). The number of aromatic nitrogens is 2. The first-order valence-corrected chi connectivity index (χ1v) is 6.83. The Morgan fingerprint density at radius 1 is 1.31 bits per heavy atom. The van der Waals surface area contributed by atoms with Crippen molar-refractivity contribution in [2.24, 2.45) is 5.92 Å². The Morgan fingerprint density at radius 2 is 2.06 bits per heavy atom. The monoisotopic (exact) mass is 239 g/mol. The van der Waals surface area contributed by atoms with E-state index in [0.717, 1.165) is 16.9 Å². The third-order valence-corrected chi connectivity index (χ3v) is 3.63. The molecule has 90 valence electrons. The fourth-order valence-corrected chi connectivity index (χ4v) is 3.07. The number of hydrogen-bond acceptors (Lipinski definition) is 4. The Hall–Kier alpha value is -0.640. The second-order valence-corrected chi connectivity index (χ2v) is 6.70. The molecule has 1 fully saturated rings. The predicted molar refractivity (Wildman–Crippen MR) is 69.0 cm³/mol. The smallest absolute Gasteiger partial charge is 0.202 e. The van der Waals surface area contributed by atoms with Crippen molar-refractivity contribution in [1.82, 2.24) is 9.36 Å². The van der Waals surface area contributed by atoms with Gasteiger partial charge in [0.25, 0.3) is 0 Å². The molecule has 0 bridgehead atoms. The molecular weight excluding hydrogens is 218 g/mol. The van der Waals surface area contributed by atoms with Crippen molar-refractivity contribution in [3.8, 4) is 0 Å². The summed E-state index contributed by atoms with van der Waals surface area (Å²) in [5.74, 6) is 2.50. The highest BCUT2D eigenvalue weighted by molar-refractivity contribution is 7.09. The van der Waals surface area contributed by atoms with Crippen LogP contribution < -0.4 is 5.32 Å². The molecule has 0 spiro atoms. The fraction of sp³-hybridized carbons (Fsp3) is 0.833. The number of hydrogen-bond donors (Lipinski definition) is 1. The quantitative estimate of drug-likeness (QED) is 0.856. The normalized spacial score (nSPS) is 26.0. The molecule has 2 unspecified atom stereocenters. The Bertz CT molecular complexity index is 353. The van der Waals surface area contributed by atoms with Gasteiger partial charge in [-0.3, -0.25) is 0 Å². The molecule has 0 aliphatic heterocycles. The average Bonchev–Trinajstić information content (AvgIpc) is 2.71. The van der Waals surface area contributed by atoms with Crippen molar-refractivity contribution in [2.45, 2.75) is 58.4 Å². The summed E-state index contributed by atoms with van der Waals surface area (Å²) >= 11 is 1.49. The van der Waals surface area contributed by atoms with Gasteiger partial charge in [0.15, 0.2) is 0 Å². The number of anilines is 1. The number of nitrogens with one attached hydrogen (secondary N) is 1. The van der Waals surface area contributed by atoms with Crippen molar-refractivity contribution in [3.05, 3.63) is 5.82 Å². The molecule has 3 nitrogen and oxygen atoms in total. The molecule has 1 heterocycles. The van der Waals surface area contributed by atoms with E-state index in [9.17, 15) is 0 Å². The van der Waals surface area contributed by atoms with Gasteiger partial charge in [-0.1, -0.05) is 6.92 Å². The lowest BCUT2D eigenvalue weighted by Crippen LogP contribution is -2.25. The van der Waals surface area contributed by atoms with Gasteiger partial charge < -0.3 is 5.32 Å². The lowest BCUT2D eigenvalue weighted by Gasteiger charge is -2.19. The second-order valence-electron chi connectivity index (χ2n) is 5.95. The maximum absolute atomic E-state index is 4.61. The van der Waals surface area contributed by atoms with Crippen molar-refractivity contribution in [2.75, 3.05) is 5.32 Å². The van der Waals surface area contributed by atoms with Crippen molar-refractivity contribution >= 4 is 16.7 Å². The molecule has 16 heavy (non-hydrogen) atoms. The highest BCUT2D eigenvalue weighted by Crippen LogP contribution is 2.37. The Morgan fingerprint density at radius 3 is 2.62 bits per heavy atom. The first-order valence-electron chi connectivity index (χ1n) is 6.06. The lowest BCUT2D eigenvalue weighted by molar-refractivity contribution is 0.587. The summed E-state index contributed by atoms with van der Waals surface area (Å²) in [6, 6.07) is 0. The minimum Gasteiger partial charge on any atom is -0.356 e. The first kappa shape index (κ1) is 11.8. The van der Waals surface area contributed by atoms with E-state index in [0.29, 0.717) is 5.92 Å². The molecule has 1 saturated carbocycles. The van der Waals surface area contributed by atoms with Crippen molar-refractivity contribution < 1.29 is 0 Å². The maximum Gasteiger partial charge on any atom is 0.202 e. The predicted octanol–water partition coefficient (Wildman–Crippen LogP) is 3.65. The molecule has 4 heteroatoms. The van der Waals surface area contributed by atoms with Gasteiger partial charge in [0.2, 0.25) is 5.13 Å². The molecule has 1 aromatic heterocycles. The van der Waals surface area contributed by atoms with E-state index in [2.05, 4.69) is 42.4 Å². The molecule has 0 aromatic carbocycles. The van der Waals surface area contributed by atoms with E-state index in [1.165, 1.54) is 30.8 Å². The van der Waals surface area contributed by atoms with E-state index in [1.54, 1.807) is 0 Å². The van der Waals surface area contributed by atoms with Crippen molar-refractivity contribution in [3.63, 3.8) is 0 Å². The van der Waals surface area contributed by atoms with Crippen LogP contribution in [0.2, 0.25) is 0 Å². The van der Waals surface area contributed by atoms with Gasteiger partial charge >= 0.3 is 0 Å². The van der Waals surface area contributed by atoms with E-state index >= 15 is 0 Å². The molecule has 1 aliphatic carbocycles. The van der Waals surface area contributed by atoms with Gasteiger partial charge in [0.1, 0.15) is 5.82 Å². The van der Waals surface area contributed by atoms with Gasteiger partial charge in [-0.15, -0.1) is 0 Å². The van der Waals surface area contributed by atoms with Crippen LogP contribution in [0.1, 0.15) is 58.7 Å². The van der Waals surface area contributed by atoms with Crippen molar-refractivity contribution in [1.29, 1.82) is 0 Å². The van der Waals surface area contributed by atoms with Crippen LogP contribution in [0.3, 0.4) is 0 Å². The van der Waals surface area contributed by atoms with E-state index < -0.39 is 0 Å². The van der Waals surface area contributed by atoms with Gasteiger partial charge in [-0.05, 0) is 46.0 Å². The minimum absolute atomic E-state index is 0.0692. The SMILES string of the molecule is CC1CCC(c2nsc(NC(C)(C)C)n2)C1. The van der Waals surface area contributed by atoms with Crippen LogP contribution in [0.5, 0.6) is 0 Å². The molecule has 1 aliphatic rings. The fourth-order valence-electron chi connectivity index (χ4n) is 2.21. The molecule has 0 saturated heterocycles. The van der Waals surface area contributed by atoms with Gasteiger partial charge in [0, 0.05) is 23.0 Å². The average molecular weight is 239 g/mol. The van der Waals surface area contributed by atoms with Crippen LogP contribution in [0.4, 0.5) is 5.13 Å². The largest absolute Gasteiger partial charge is 0.356 e. The lowest BCUT2D eigenvalue weighted by atomic mass is 10.1. The van der Waals surface area contributed by atoms with E-state index in [-0.39, 0.29) is 5.54 Å². The first-order chi connectivity index (χ1) is 7.44. The summed E-state index contributed by atoms with van der Waals surface area (Å²) < 4.78 is 4.48. The summed E-state index contributed by atoms with van der Waals surface area (Å²) in [5.41, 5.74) is 0.0692. The molecule has 0 radical (unpaired) electrons. The molecule has 2 atom stereocenters. The Balaban J connectivity index is 2.02. The summed E-state index contributed by atoms with van der Waals surface area (Å²) in [5, 5.41) is 4.34. The summed E-state index contributed by atoms with van der Waals surface area (Å²) in [6.07, 6.45) is 3.84. The van der Waals surface area contributed by atoms with Crippen LogP contribution in [0.15, 0.2) is 0 Å². The zero-order chi connectivity index (χ0) is 11.8. The van der Waals surface area contributed by atoms with Crippen LogP contribution in [-0.4, -0.2) is 14.9 Å². The topological polar surface area (TPSA) is 37.8 Å². The summed E-state index contributed by atoms with van der Waals surface area (Å²) in [4.78, 5) is 4.61. The molecule has 2 rings (SSSR count). The summed E-state index contributed by atoms with van der Waals surface area (Å²) in [6.45, 7) is 8.75. The third kappa shape index (κ3) is 2.94.